The monoisotopic (exact) mass is 552 g/mol. The van der Waals surface area contributed by atoms with Crippen LogP contribution >= 0.6 is 11.8 Å². The van der Waals surface area contributed by atoms with Crippen molar-refractivity contribution in [1.82, 2.24) is 24.8 Å². The van der Waals surface area contributed by atoms with Crippen molar-refractivity contribution in [3.05, 3.63) is 83.7 Å². The molecule has 2 aromatic heterocycles. The standard InChI is InChI=1S/C21H23FN6O2.C7H7FS/c22-16-4-3-14(9-18(16)29)11-26-12-15(13-26)24-21(30)17-10-23-19-5-6-20(25-28(17)19)27-7-1-2-8-27;1-9-7-4-2-6(8)3-5-7/h3-6,9-10,15,29H,1-2,7-8,11-13H2,(H,24,30);2-5H,1H3. The first-order chi connectivity index (χ1) is 18.9. The van der Waals surface area contributed by atoms with Crippen molar-refractivity contribution in [2.75, 3.05) is 37.3 Å². The molecule has 2 N–H and O–H groups in total. The maximum absolute atomic E-state index is 13.2. The molecule has 0 aliphatic carbocycles. The number of halogens is 2. The molecule has 0 spiro atoms. The van der Waals surface area contributed by atoms with E-state index in [2.05, 4.69) is 25.2 Å². The zero-order valence-corrected chi connectivity index (χ0v) is 22.4. The number of phenols is 1. The van der Waals surface area contributed by atoms with Crippen LogP contribution in [0.15, 0.2) is 65.7 Å². The average Bonchev–Trinajstić information content (AvgIpc) is 3.60. The van der Waals surface area contributed by atoms with Gasteiger partial charge in [0, 0.05) is 37.6 Å². The molecule has 0 bridgehead atoms. The number of thioether (sulfide) groups is 1. The normalized spacial score (nSPS) is 15.6. The van der Waals surface area contributed by atoms with Crippen LogP contribution in [0.1, 0.15) is 28.9 Å². The first kappa shape index (κ1) is 26.9. The molecule has 0 atom stereocenters. The Morgan fingerprint density at radius 3 is 2.51 bits per heavy atom. The van der Waals surface area contributed by atoms with Crippen molar-refractivity contribution >= 4 is 29.1 Å². The van der Waals surface area contributed by atoms with Gasteiger partial charge in [-0.15, -0.1) is 16.9 Å². The lowest BCUT2D eigenvalue weighted by Gasteiger charge is -2.39. The summed E-state index contributed by atoms with van der Waals surface area (Å²) in [7, 11) is 0. The van der Waals surface area contributed by atoms with Gasteiger partial charge >= 0.3 is 0 Å². The van der Waals surface area contributed by atoms with Crippen molar-refractivity contribution in [2.45, 2.75) is 30.3 Å². The van der Waals surface area contributed by atoms with Crippen LogP contribution in [0.25, 0.3) is 5.65 Å². The van der Waals surface area contributed by atoms with Gasteiger partial charge in [0.1, 0.15) is 11.6 Å². The molecule has 4 aromatic rings. The predicted molar refractivity (Wildman–Crippen MR) is 147 cm³/mol. The van der Waals surface area contributed by atoms with Crippen LogP contribution in [0, 0.1) is 11.6 Å². The number of amides is 1. The highest BCUT2D eigenvalue weighted by Crippen LogP contribution is 2.21. The average molecular weight is 553 g/mol. The molecule has 2 aliphatic heterocycles. The van der Waals surface area contributed by atoms with Crippen LogP contribution in [0.5, 0.6) is 5.75 Å². The Labute approximate surface area is 229 Å². The number of nitrogens with zero attached hydrogens (tertiary/aromatic N) is 5. The van der Waals surface area contributed by atoms with Crippen molar-refractivity contribution in [2.24, 2.45) is 0 Å². The smallest absolute Gasteiger partial charge is 0.271 e. The molecule has 204 valence electrons. The Kier molecular flexibility index (Phi) is 8.27. The first-order valence-corrected chi connectivity index (χ1v) is 14.0. The highest BCUT2D eigenvalue weighted by atomic mass is 32.2. The molecule has 11 heteroatoms. The lowest BCUT2D eigenvalue weighted by Crippen LogP contribution is -2.58. The van der Waals surface area contributed by atoms with Gasteiger partial charge in [0.2, 0.25) is 0 Å². The van der Waals surface area contributed by atoms with E-state index in [1.807, 2.05) is 18.4 Å². The number of imidazole rings is 1. The summed E-state index contributed by atoms with van der Waals surface area (Å²) in [4.78, 5) is 22.5. The summed E-state index contributed by atoms with van der Waals surface area (Å²) in [5.41, 5.74) is 1.90. The number of rotatable bonds is 6. The number of carbonyl (C=O) groups is 1. The Morgan fingerprint density at radius 2 is 1.82 bits per heavy atom. The number of hydrogen-bond donors (Lipinski definition) is 2. The summed E-state index contributed by atoms with van der Waals surface area (Å²) >= 11 is 1.61. The van der Waals surface area contributed by atoms with Gasteiger partial charge in [-0.05, 0) is 73.2 Å². The summed E-state index contributed by atoms with van der Waals surface area (Å²) in [6.07, 6.45) is 5.84. The summed E-state index contributed by atoms with van der Waals surface area (Å²) in [6.45, 7) is 3.94. The fourth-order valence-corrected chi connectivity index (χ4v) is 5.08. The summed E-state index contributed by atoms with van der Waals surface area (Å²) < 4.78 is 27.0. The molecule has 39 heavy (non-hydrogen) atoms. The van der Waals surface area contributed by atoms with Crippen LogP contribution in [-0.2, 0) is 6.54 Å². The number of aromatic nitrogens is 3. The molecule has 2 saturated heterocycles. The van der Waals surface area contributed by atoms with Gasteiger partial charge in [0.25, 0.3) is 5.91 Å². The van der Waals surface area contributed by atoms with Crippen LogP contribution in [0.4, 0.5) is 14.6 Å². The van der Waals surface area contributed by atoms with Crippen molar-refractivity contribution in [3.8, 4) is 5.75 Å². The maximum atomic E-state index is 13.2. The minimum absolute atomic E-state index is 0.0267. The lowest BCUT2D eigenvalue weighted by atomic mass is 10.1. The van der Waals surface area contributed by atoms with Gasteiger partial charge in [0.05, 0.1) is 12.2 Å². The van der Waals surface area contributed by atoms with Crippen LogP contribution < -0.4 is 10.2 Å². The first-order valence-electron chi connectivity index (χ1n) is 12.8. The number of carbonyl (C=O) groups excluding carboxylic acids is 1. The third kappa shape index (κ3) is 6.48. The second kappa shape index (κ2) is 12.0. The predicted octanol–water partition coefficient (Wildman–Crippen LogP) is 4.34. The number of aromatic hydroxyl groups is 1. The van der Waals surface area contributed by atoms with Crippen LogP contribution in [0.2, 0.25) is 0 Å². The molecule has 2 fully saturated rings. The molecule has 1 amide bonds. The Bertz CT molecular complexity index is 1440. The fourth-order valence-electron chi connectivity index (χ4n) is 4.67. The summed E-state index contributed by atoms with van der Waals surface area (Å²) in [5.74, 6) is -0.469. The number of hydrogen-bond acceptors (Lipinski definition) is 7. The highest BCUT2D eigenvalue weighted by molar-refractivity contribution is 7.98. The fraction of sp³-hybridized carbons (Fsp3) is 0.321. The summed E-state index contributed by atoms with van der Waals surface area (Å²) in [5, 5.41) is 17.1. The third-order valence-corrected chi connectivity index (χ3v) is 7.51. The van der Waals surface area contributed by atoms with Gasteiger partial charge in [-0.2, -0.15) is 0 Å². The quantitative estimate of drug-likeness (QED) is 0.344. The van der Waals surface area contributed by atoms with Gasteiger partial charge < -0.3 is 15.3 Å². The van der Waals surface area contributed by atoms with E-state index in [4.69, 9.17) is 0 Å². The summed E-state index contributed by atoms with van der Waals surface area (Å²) in [6, 6.07) is 14.7. The van der Waals surface area contributed by atoms with E-state index < -0.39 is 5.82 Å². The van der Waals surface area contributed by atoms with E-state index in [0.717, 1.165) is 42.2 Å². The van der Waals surface area contributed by atoms with E-state index in [0.29, 0.717) is 31.0 Å². The number of likely N-dealkylation sites (tertiary alicyclic amines) is 1. The van der Waals surface area contributed by atoms with E-state index in [1.54, 1.807) is 40.7 Å². The maximum Gasteiger partial charge on any atom is 0.271 e. The molecule has 2 aliphatic rings. The Morgan fingerprint density at radius 1 is 1.08 bits per heavy atom. The van der Waals surface area contributed by atoms with Crippen molar-refractivity contribution in [3.63, 3.8) is 0 Å². The molecule has 8 nitrogen and oxygen atoms in total. The number of anilines is 1. The molecule has 6 rings (SSSR count). The molecule has 4 heterocycles. The number of fused-ring (bicyclic) bond motifs is 1. The van der Waals surface area contributed by atoms with E-state index in [9.17, 15) is 18.7 Å². The van der Waals surface area contributed by atoms with E-state index in [-0.39, 0.29) is 23.5 Å². The van der Waals surface area contributed by atoms with Gasteiger partial charge in [-0.1, -0.05) is 6.07 Å². The lowest BCUT2D eigenvalue weighted by molar-refractivity contribution is 0.0788. The minimum atomic E-state index is -0.623. The van der Waals surface area contributed by atoms with E-state index >= 15 is 0 Å². The molecule has 0 saturated carbocycles. The molecule has 0 radical (unpaired) electrons. The molecular weight excluding hydrogens is 522 g/mol. The van der Waals surface area contributed by atoms with Crippen molar-refractivity contribution < 1.29 is 18.7 Å². The van der Waals surface area contributed by atoms with Crippen LogP contribution in [-0.4, -0.2) is 69.0 Å². The molecule has 2 aromatic carbocycles. The molecular formula is C28H30F2N6O2S. The Balaban J connectivity index is 0.000000292. The SMILES string of the molecule is CSc1ccc(F)cc1.O=C(NC1CN(Cc2ccc(F)c(O)c2)C1)c1cnc2ccc(N3CCCC3)nn12. The number of phenolic OH excluding ortho intramolecular Hbond substituents is 1. The highest BCUT2D eigenvalue weighted by Gasteiger charge is 2.29. The van der Waals surface area contributed by atoms with Gasteiger partial charge in [0.15, 0.2) is 22.9 Å². The second-order valence-electron chi connectivity index (χ2n) is 9.61. The number of benzene rings is 2. The Hall–Kier alpha value is -3.70. The zero-order chi connectivity index (χ0) is 27.4. The van der Waals surface area contributed by atoms with E-state index in [1.165, 1.54) is 24.3 Å². The number of nitrogens with one attached hydrogen (secondary N) is 1. The van der Waals surface area contributed by atoms with Crippen LogP contribution in [0.3, 0.4) is 0 Å². The minimum Gasteiger partial charge on any atom is -0.505 e. The van der Waals surface area contributed by atoms with Crippen molar-refractivity contribution in [1.29, 1.82) is 0 Å². The second-order valence-corrected chi connectivity index (χ2v) is 10.5. The zero-order valence-electron chi connectivity index (χ0n) is 21.6. The largest absolute Gasteiger partial charge is 0.505 e. The third-order valence-electron chi connectivity index (χ3n) is 6.77. The van der Waals surface area contributed by atoms with Gasteiger partial charge in [-0.25, -0.2) is 18.3 Å². The van der Waals surface area contributed by atoms with Gasteiger partial charge in [-0.3, -0.25) is 9.69 Å². The molecule has 0 unspecified atom stereocenters. The topological polar surface area (TPSA) is 86.0 Å².